The molecule has 2 nitrogen and oxygen atoms in total. The van der Waals surface area contributed by atoms with E-state index in [1.54, 1.807) is 0 Å². The number of hydrogen-bond acceptors (Lipinski definition) is 2. The first-order chi connectivity index (χ1) is 6.34. The fourth-order valence-corrected chi connectivity index (χ4v) is 0.445. The van der Waals surface area contributed by atoms with E-state index >= 15 is 0 Å². The smallest absolute Gasteiger partial charge is 0.244 e. The standard InChI is InChI=1S/C5H3F3N2.C3H10Si/c6-5(7,8)4-1-9-3-10-2-4;1-4(2)3/h1-3H;4H,1-3H3. The fraction of sp³-hybridized carbons (Fsp3) is 0.500. The van der Waals surface area contributed by atoms with Crippen molar-refractivity contribution in [3.63, 3.8) is 0 Å². The minimum Gasteiger partial charge on any atom is -0.244 e. The Labute approximate surface area is 82.8 Å². The summed E-state index contributed by atoms with van der Waals surface area (Å²) < 4.78 is 35.1. The van der Waals surface area contributed by atoms with Gasteiger partial charge < -0.3 is 0 Å². The molecule has 1 rings (SSSR count). The van der Waals surface area contributed by atoms with Crippen LogP contribution in [0.5, 0.6) is 0 Å². The van der Waals surface area contributed by atoms with Gasteiger partial charge in [0.15, 0.2) is 0 Å². The molecule has 0 atom stereocenters. The Hall–Kier alpha value is -0.913. The molecule has 80 valence electrons. The van der Waals surface area contributed by atoms with E-state index in [1.165, 1.54) is 0 Å². The van der Waals surface area contributed by atoms with Crippen molar-refractivity contribution in [3.8, 4) is 0 Å². The Morgan fingerprint density at radius 1 is 1.07 bits per heavy atom. The van der Waals surface area contributed by atoms with Crippen molar-refractivity contribution < 1.29 is 13.2 Å². The molecule has 0 aliphatic carbocycles. The monoisotopic (exact) mass is 222 g/mol. The van der Waals surface area contributed by atoms with Gasteiger partial charge in [0.2, 0.25) is 0 Å². The molecule has 0 saturated carbocycles. The third kappa shape index (κ3) is 6.59. The number of rotatable bonds is 0. The summed E-state index contributed by atoms with van der Waals surface area (Å²) in [5, 5.41) is 0. The van der Waals surface area contributed by atoms with Crippen molar-refractivity contribution in [1.29, 1.82) is 0 Å². The maximum Gasteiger partial charge on any atom is 0.419 e. The Balaban J connectivity index is 0.000000364. The van der Waals surface area contributed by atoms with E-state index in [4.69, 9.17) is 0 Å². The van der Waals surface area contributed by atoms with E-state index in [0.29, 0.717) is 0 Å². The Kier molecular flexibility index (Phi) is 5.37. The van der Waals surface area contributed by atoms with Crippen LogP contribution < -0.4 is 0 Å². The third-order valence-corrected chi connectivity index (χ3v) is 0.888. The molecular formula is C8H13F3N2Si. The second kappa shape index (κ2) is 5.74. The fourth-order valence-electron chi connectivity index (χ4n) is 0.445. The van der Waals surface area contributed by atoms with Crippen molar-refractivity contribution in [2.24, 2.45) is 0 Å². The molecule has 0 bridgehead atoms. The topological polar surface area (TPSA) is 25.8 Å². The van der Waals surface area contributed by atoms with Gasteiger partial charge in [0.1, 0.15) is 6.33 Å². The Bertz CT molecular complexity index is 246. The summed E-state index contributed by atoms with van der Waals surface area (Å²) in [6.07, 6.45) is -1.82. The molecule has 0 unspecified atom stereocenters. The average molecular weight is 222 g/mol. The van der Waals surface area contributed by atoms with Gasteiger partial charge in [-0.05, 0) is 0 Å². The van der Waals surface area contributed by atoms with Crippen molar-refractivity contribution in [2.75, 3.05) is 0 Å². The van der Waals surface area contributed by atoms with Crippen LogP contribution in [0.3, 0.4) is 0 Å². The van der Waals surface area contributed by atoms with Crippen LogP contribution in [0, 0.1) is 0 Å². The summed E-state index contributed by atoms with van der Waals surface area (Å²) in [4.78, 5) is 6.44. The highest BCUT2D eigenvalue weighted by molar-refractivity contribution is 6.54. The first-order valence-electron chi connectivity index (χ1n) is 4.16. The zero-order valence-electron chi connectivity index (χ0n) is 8.34. The van der Waals surface area contributed by atoms with Crippen LogP contribution in [0.2, 0.25) is 19.6 Å². The molecule has 0 aliphatic heterocycles. The lowest BCUT2D eigenvalue weighted by Gasteiger charge is -2.02. The van der Waals surface area contributed by atoms with Gasteiger partial charge >= 0.3 is 6.18 Å². The quantitative estimate of drug-likeness (QED) is 0.630. The highest BCUT2D eigenvalue weighted by atomic mass is 28.3. The Morgan fingerprint density at radius 2 is 1.43 bits per heavy atom. The normalized spacial score (nSPS) is 10.8. The maximum atomic E-state index is 11.7. The van der Waals surface area contributed by atoms with Crippen molar-refractivity contribution in [3.05, 3.63) is 24.3 Å². The molecular weight excluding hydrogens is 209 g/mol. The molecule has 1 aromatic rings. The van der Waals surface area contributed by atoms with Crippen LogP contribution >= 0.6 is 0 Å². The summed E-state index contributed by atoms with van der Waals surface area (Å²) >= 11 is 0. The predicted octanol–water partition coefficient (Wildman–Crippen LogP) is 2.60. The van der Waals surface area contributed by atoms with Gasteiger partial charge in [-0.2, -0.15) is 13.2 Å². The van der Waals surface area contributed by atoms with E-state index in [-0.39, 0.29) is 8.80 Å². The zero-order valence-corrected chi connectivity index (χ0v) is 9.49. The lowest BCUT2D eigenvalue weighted by Crippen LogP contribution is -2.05. The second-order valence-electron chi connectivity index (χ2n) is 3.36. The van der Waals surface area contributed by atoms with Crippen LogP contribution in [-0.2, 0) is 6.18 Å². The van der Waals surface area contributed by atoms with E-state index in [9.17, 15) is 13.2 Å². The summed E-state index contributed by atoms with van der Waals surface area (Å²) in [6.45, 7) is 6.92. The SMILES string of the molecule is C[SiH](C)C.FC(F)(F)c1cncnc1. The van der Waals surface area contributed by atoms with E-state index in [2.05, 4.69) is 29.6 Å². The molecule has 0 fully saturated rings. The number of hydrogen-bond donors (Lipinski definition) is 0. The minimum atomic E-state index is -4.33. The van der Waals surface area contributed by atoms with Gasteiger partial charge in [-0.1, -0.05) is 19.6 Å². The zero-order chi connectivity index (χ0) is 11.2. The van der Waals surface area contributed by atoms with Crippen LogP contribution in [0.4, 0.5) is 13.2 Å². The highest BCUT2D eigenvalue weighted by Crippen LogP contribution is 2.27. The van der Waals surface area contributed by atoms with Gasteiger partial charge in [0.05, 0.1) is 5.56 Å². The lowest BCUT2D eigenvalue weighted by molar-refractivity contribution is -0.138. The molecule has 0 aromatic carbocycles. The number of aromatic nitrogens is 2. The van der Waals surface area contributed by atoms with Gasteiger partial charge in [0.25, 0.3) is 0 Å². The highest BCUT2D eigenvalue weighted by Gasteiger charge is 2.30. The number of nitrogens with zero attached hydrogens (tertiary/aromatic N) is 2. The summed E-state index contributed by atoms with van der Waals surface area (Å²) in [5.41, 5.74) is -0.824. The first-order valence-corrected chi connectivity index (χ1v) is 7.62. The third-order valence-electron chi connectivity index (χ3n) is 0.888. The molecule has 0 amide bonds. The summed E-state index contributed by atoms with van der Waals surface area (Å²) in [6, 6.07) is 0. The van der Waals surface area contributed by atoms with E-state index in [1.807, 2.05) is 0 Å². The van der Waals surface area contributed by atoms with Crippen molar-refractivity contribution >= 4 is 8.80 Å². The molecule has 14 heavy (non-hydrogen) atoms. The number of alkyl halides is 3. The van der Waals surface area contributed by atoms with Gasteiger partial charge in [-0.3, -0.25) is 0 Å². The number of halogens is 3. The van der Waals surface area contributed by atoms with Gasteiger partial charge in [-0.15, -0.1) is 0 Å². The van der Waals surface area contributed by atoms with Crippen LogP contribution in [-0.4, -0.2) is 18.8 Å². The molecule has 1 aromatic heterocycles. The molecule has 0 radical (unpaired) electrons. The molecule has 0 spiro atoms. The van der Waals surface area contributed by atoms with Crippen LogP contribution in [0.1, 0.15) is 5.56 Å². The van der Waals surface area contributed by atoms with Crippen molar-refractivity contribution in [2.45, 2.75) is 25.8 Å². The van der Waals surface area contributed by atoms with Crippen LogP contribution in [0.15, 0.2) is 18.7 Å². The lowest BCUT2D eigenvalue weighted by atomic mass is 10.3. The Morgan fingerprint density at radius 3 is 1.64 bits per heavy atom. The second-order valence-corrected chi connectivity index (χ2v) is 6.82. The largest absolute Gasteiger partial charge is 0.419 e. The molecule has 0 saturated heterocycles. The summed E-state index contributed by atoms with van der Waals surface area (Å²) in [5.74, 6) is 0. The van der Waals surface area contributed by atoms with Gasteiger partial charge in [0, 0.05) is 21.2 Å². The van der Waals surface area contributed by atoms with E-state index < -0.39 is 11.7 Å². The van der Waals surface area contributed by atoms with Gasteiger partial charge in [-0.25, -0.2) is 9.97 Å². The molecule has 0 N–H and O–H groups in total. The average Bonchev–Trinajstić information content (AvgIpc) is 2.03. The molecule has 0 aliphatic rings. The molecule has 6 heteroatoms. The maximum absolute atomic E-state index is 11.7. The van der Waals surface area contributed by atoms with E-state index in [0.717, 1.165) is 18.7 Å². The molecule has 1 heterocycles. The van der Waals surface area contributed by atoms with Crippen molar-refractivity contribution in [1.82, 2.24) is 9.97 Å². The first kappa shape index (κ1) is 13.1. The predicted molar refractivity (Wildman–Crippen MR) is 51.8 cm³/mol. The minimum absolute atomic E-state index is 0.139. The summed E-state index contributed by atoms with van der Waals surface area (Å²) in [7, 11) is -0.139. The van der Waals surface area contributed by atoms with Crippen LogP contribution in [0.25, 0.3) is 0 Å².